The minimum atomic E-state index is -0.756. The fourth-order valence-electron chi connectivity index (χ4n) is 2.53. The predicted octanol–water partition coefficient (Wildman–Crippen LogP) is 4.22. The van der Waals surface area contributed by atoms with Crippen LogP contribution in [0.4, 0.5) is 10.5 Å². The van der Waals surface area contributed by atoms with Gasteiger partial charge in [-0.25, -0.2) is 4.79 Å². The first-order chi connectivity index (χ1) is 9.98. The van der Waals surface area contributed by atoms with Crippen molar-refractivity contribution in [3.63, 3.8) is 0 Å². The van der Waals surface area contributed by atoms with Gasteiger partial charge >= 0.3 is 6.16 Å². The van der Waals surface area contributed by atoms with Crippen molar-refractivity contribution in [2.75, 3.05) is 0 Å². The molecular formula is C15H19NO5. The molecule has 21 heavy (non-hydrogen) atoms. The summed E-state index contributed by atoms with van der Waals surface area (Å²) in [5.74, 6) is 0.239. The molecule has 1 aromatic carbocycles. The SMILES string of the molecule is CC1(OC(=O)Oc2ccc([N+](=O)[O-])cc2)CCCCCC1. The van der Waals surface area contributed by atoms with E-state index in [2.05, 4.69) is 0 Å². The number of hydrogen-bond donors (Lipinski definition) is 0. The standard InChI is InChI=1S/C15H19NO5/c1-15(10-4-2-3-5-11-15)21-14(17)20-13-8-6-12(7-9-13)16(18)19/h6-9H,2-5,10-11H2,1H3. The molecule has 0 heterocycles. The molecule has 0 unspecified atom stereocenters. The first kappa shape index (κ1) is 15.3. The van der Waals surface area contributed by atoms with Crippen LogP contribution in [-0.4, -0.2) is 16.7 Å². The predicted molar refractivity (Wildman–Crippen MR) is 76.3 cm³/mol. The second-order valence-corrected chi connectivity index (χ2v) is 5.57. The summed E-state index contributed by atoms with van der Waals surface area (Å²) < 4.78 is 10.5. The number of nitro groups is 1. The van der Waals surface area contributed by atoms with Crippen LogP contribution in [0.15, 0.2) is 24.3 Å². The Hall–Kier alpha value is -2.11. The van der Waals surface area contributed by atoms with Crippen LogP contribution >= 0.6 is 0 Å². The highest BCUT2D eigenvalue weighted by molar-refractivity contribution is 5.64. The summed E-state index contributed by atoms with van der Waals surface area (Å²) >= 11 is 0. The lowest BCUT2D eigenvalue weighted by Crippen LogP contribution is -2.32. The molecule has 0 spiro atoms. The molecule has 6 heteroatoms. The first-order valence-corrected chi connectivity index (χ1v) is 7.14. The van der Waals surface area contributed by atoms with Gasteiger partial charge in [-0.1, -0.05) is 12.8 Å². The van der Waals surface area contributed by atoms with Gasteiger partial charge in [-0.2, -0.15) is 0 Å². The third kappa shape index (κ3) is 4.44. The number of nitro benzene ring substituents is 1. The van der Waals surface area contributed by atoms with E-state index in [1.54, 1.807) is 0 Å². The number of carbonyl (C=O) groups excluding carboxylic acids is 1. The maximum absolute atomic E-state index is 11.8. The summed E-state index contributed by atoms with van der Waals surface area (Å²) in [5, 5.41) is 10.5. The molecule has 0 atom stereocenters. The van der Waals surface area contributed by atoms with E-state index in [4.69, 9.17) is 9.47 Å². The number of ether oxygens (including phenoxy) is 2. The zero-order valence-corrected chi connectivity index (χ0v) is 12.0. The summed E-state index contributed by atoms with van der Waals surface area (Å²) in [6, 6.07) is 5.34. The molecule has 0 amide bonds. The van der Waals surface area contributed by atoms with Crippen LogP contribution in [0, 0.1) is 10.1 Å². The van der Waals surface area contributed by atoms with E-state index in [1.165, 1.54) is 24.3 Å². The lowest BCUT2D eigenvalue weighted by Gasteiger charge is -2.27. The molecule has 1 aromatic rings. The van der Waals surface area contributed by atoms with Gasteiger partial charge in [0.2, 0.25) is 0 Å². The second-order valence-electron chi connectivity index (χ2n) is 5.57. The number of nitrogens with zero attached hydrogens (tertiary/aromatic N) is 1. The van der Waals surface area contributed by atoms with Gasteiger partial charge in [-0.15, -0.1) is 0 Å². The molecule has 0 N–H and O–H groups in total. The first-order valence-electron chi connectivity index (χ1n) is 7.14. The average Bonchev–Trinajstić information content (AvgIpc) is 2.63. The fraction of sp³-hybridized carbons (Fsp3) is 0.533. The van der Waals surface area contributed by atoms with E-state index in [1.807, 2.05) is 6.92 Å². The topological polar surface area (TPSA) is 78.7 Å². The van der Waals surface area contributed by atoms with Crippen LogP contribution in [0.5, 0.6) is 5.75 Å². The van der Waals surface area contributed by atoms with E-state index in [0.717, 1.165) is 38.5 Å². The van der Waals surface area contributed by atoms with Crippen molar-refractivity contribution >= 4 is 11.8 Å². The van der Waals surface area contributed by atoms with Crippen molar-refractivity contribution < 1.29 is 19.2 Å². The Morgan fingerprint density at radius 2 is 1.71 bits per heavy atom. The zero-order chi connectivity index (χ0) is 15.3. The molecule has 114 valence electrons. The lowest BCUT2D eigenvalue weighted by molar-refractivity contribution is -0.384. The zero-order valence-electron chi connectivity index (χ0n) is 12.0. The van der Waals surface area contributed by atoms with Gasteiger partial charge in [-0.3, -0.25) is 10.1 Å². The second kappa shape index (κ2) is 6.56. The third-order valence-corrected chi connectivity index (χ3v) is 3.74. The molecule has 0 saturated heterocycles. The van der Waals surface area contributed by atoms with E-state index >= 15 is 0 Å². The van der Waals surface area contributed by atoms with E-state index < -0.39 is 16.7 Å². The Labute approximate surface area is 123 Å². The minimum absolute atomic E-state index is 0.0496. The van der Waals surface area contributed by atoms with Crippen LogP contribution in [-0.2, 0) is 4.74 Å². The minimum Gasteiger partial charge on any atom is -0.428 e. The molecule has 0 aromatic heterocycles. The van der Waals surface area contributed by atoms with E-state index in [0.29, 0.717) is 0 Å². The molecule has 1 aliphatic rings. The molecule has 0 radical (unpaired) electrons. The smallest absolute Gasteiger partial charge is 0.428 e. The highest BCUT2D eigenvalue weighted by atomic mass is 16.7. The quantitative estimate of drug-likeness (QED) is 0.274. The van der Waals surface area contributed by atoms with Gasteiger partial charge in [0, 0.05) is 12.1 Å². The van der Waals surface area contributed by atoms with Crippen LogP contribution < -0.4 is 4.74 Å². The van der Waals surface area contributed by atoms with Gasteiger partial charge in [0.1, 0.15) is 11.4 Å². The Morgan fingerprint density at radius 1 is 1.14 bits per heavy atom. The number of hydrogen-bond acceptors (Lipinski definition) is 5. The Balaban J connectivity index is 1.93. The monoisotopic (exact) mass is 293 g/mol. The highest BCUT2D eigenvalue weighted by Gasteiger charge is 2.30. The van der Waals surface area contributed by atoms with Crippen molar-refractivity contribution in [1.29, 1.82) is 0 Å². The molecule has 1 fully saturated rings. The molecule has 0 aliphatic heterocycles. The number of rotatable bonds is 3. The van der Waals surface area contributed by atoms with Crippen molar-refractivity contribution in [3.8, 4) is 5.75 Å². The van der Waals surface area contributed by atoms with Crippen LogP contribution in [0.2, 0.25) is 0 Å². The van der Waals surface area contributed by atoms with E-state index in [9.17, 15) is 14.9 Å². The molecule has 1 saturated carbocycles. The van der Waals surface area contributed by atoms with Crippen LogP contribution in [0.25, 0.3) is 0 Å². The highest BCUT2D eigenvalue weighted by Crippen LogP contribution is 2.30. The molecule has 6 nitrogen and oxygen atoms in total. The third-order valence-electron chi connectivity index (χ3n) is 3.74. The Bertz CT molecular complexity index is 503. The number of benzene rings is 1. The molecule has 2 rings (SSSR count). The lowest BCUT2D eigenvalue weighted by atomic mass is 9.97. The molecular weight excluding hydrogens is 274 g/mol. The van der Waals surface area contributed by atoms with Gasteiger partial charge in [0.25, 0.3) is 5.69 Å². The van der Waals surface area contributed by atoms with Crippen molar-refractivity contribution in [2.45, 2.75) is 51.0 Å². The maximum Gasteiger partial charge on any atom is 0.514 e. The van der Waals surface area contributed by atoms with Crippen molar-refractivity contribution in [3.05, 3.63) is 34.4 Å². The van der Waals surface area contributed by atoms with Crippen LogP contribution in [0.1, 0.15) is 45.4 Å². The molecule has 0 bridgehead atoms. The van der Waals surface area contributed by atoms with Gasteiger partial charge < -0.3 is 9.47 Å². The van der Waals surface area contributed by atoms with Crippen molar-refractivity contribution in [2.24, 2.45) is 0 Å². The normalized spacial score (nSPS) is 17.6. The fourth-order valence-corrected chi connectivity index (χ4v) is 2.53. The van der Waals surface area contributed by atoms with E-state index in [-0.39, 0.29) is 11.4 Å². The summed E-state index contributed by atoms with van der Waals surface area (Å²) in [6.45, 7) is 1.93. The van der Waals surface area contributed by atoms with Gasteiger partial charge in [0.15, 0.2) is 0 Å². The maximum atomic E-state index is 11.8. The summed E-state index contributed by atoms with van der Waals surface area (Å²) in [4.78, 5) is 21.9. The van der Waals surface area contributed by atoms with Gasteiger partial charge in [0.05, 0.1) is 4.92 Å². The Morgan fingerprint density at radius 3 is 2.24 bits per heavy atom. The summed E-state index contributed by atoms with van der Waals surface area (Å²) in [6.07, 6.45) is 5.33. The number of carbonyl (C=O) groups is 1. The van der Waals surface area contributed by atoms with Crippen molar-refractivity contribution in [1.82, 2.24) is 0 Å². The summed E-state index contributed by atoms with van der Waals surface area (Å²) in [7, 11) is 0. The van der Waals surface area contributed by atoms with Crippen LogP contribution in [0.3, 0.4) is 0 Å². The average molecular weight is 293 g/mol. The van der Waals surface area contributed by atoms with Gasteiger partial charge in [-0.05, 0) is 44.7 Å². The number of non-ortho nitro benzene ring substituents is 1. The molecule has 1 aliphatic carbocycles. The Kier molecular flexibility index (Phi) is 4.77. The largest absolute Gasteiger partial charge is 0.514 e. The summed E-state index contributed by atoms with van der Waals surface area (Å²) in [5.41, 5.74) is -0.527.